The highest BCUT2D eigenvalue weighted by atomic mass is 32.1. The lowest BCUT2D eigenvalue weighted by Crippen LogP contribution is -2.34. The summed E-state index contributed by atoms with van der Waals surface area (Å²) >= 11 is 1.54. The largest absolute Gasteiger partial charge is 0.419 e. The minimum Gasteiger partial charge on any atom is -0.419 e. The number of piperidine rings is 1. The number of aromatic nitrogens is 5. The number of nitrogens with zero attached hydrogens (tertiary/aromatic N) is 6. The molecular weight excluding hydrogens is 336 g/mol. The maximum atomic E-state index is 5.98. The second-order valence-electron chi connectivity index (χ2n) is 6.67. The van der Waals surface area contributed by atoms with E-state index in [2.05, 4.69) is 32.1 Å². The molecule has 1 aliphatic heterocycles. The van der Waals surface area contributed by atoms with Gasteiger partial charge in [-0.1, -0.05) is 0 Å². The van der Waals surface area contributed by atoms with E-state index in [9.17, 15) is 0 Å². The number of aryl methyl sites for hydroxylation is 2. The van der Waals surface area contributed by atoms with Crippen molar-refractivity contribution in [3.05, 3.63) is 34.5 Å². The number of likely N-dealkylation sites (tertiary alicyclic amines) is 1. The van der Waals surface area contributed by atoms with E-state index in [1.165, 1.54) is 11.3 Å². The highest BCUT2D eigenvalue weighted by Gasteiger charge is 2.27. The van der Waals surface area contributed by atoms with Gasteiger partial charge >= 0.3 is 0 Å². The zero-order chi connectivity index (χ0) is 17.4. The molecule has 1 fully saturated rings. The second kappa shape index (κ2) is 6.68. The Hall–Kier alpha value is -2.06. The lowest BCUT2D eigenvalue weighted by atomic mass is 9.97. The topological polar surface area (TPSA) is 72.9 Å². The first-order valence-electron chi connectivity index (χ1n) is 8.55. The molecule has 0 amide bonds. The van der Waals surface area contributed by atoms with Crippen LogP contribution in [0.15, 0.2) is 16.1 Å². The summed E-state index contributed by atoms with van der Waals surface area (Å²) in [4.78, 5) is 7.69. The van der Waals surface area contributed by atoms with Crippen LogP contribution in [0.1, 0.15) is 41.6 Å². The summed E-state index contributed by atoms with van der Waals surface area (Å²) in [7, 11) is 1.99. The average molecular weight is 358 g/mol. The maximum Gasteiger partial charge on any atom is 0.259 e. The summed E-state index contributed by atoms with van der Waals surface area (Å²) < 4.78 is 7.91. The van der Waals surface area contributed by atoms with Crippen LogP contribution in [0.3, 0.4) is 0 Å². The van der Waals surface area contributed by atoms with Crippen LogP contribution in [-0.4, -0.2) is 43.0 Å². The Morgan fingerprint density at radius 1 is 1.32 bits per heavy atom. The van der Waals surface area contributed by atoms with Gasteiger partial charge in [0.05, 0.1) is 23.3 Å². The van der Waals surface area contributed by atoms with E-state index in [1.807, 2.05) is 30.4 Å². The lowest BCUT2D eigenvalue weighted by Gasteiger charge is -2.30. The van der Waals surface area contributed by atoms with Crippen LogP contribution in [0.5, 0.6) is 0 Å². The molecule has 1 unspecified atom stereocenters. The van der Waals surface area contributed by atoms with Gasteiger partial charge in [-0.05, 0) is 33.2 Å². The number of thiazole rings is 1. The number of rotatable bonds is 4. The van der Waals surface area contributed by atoms with Gasteiger partial charge in [0.25, 0.3) is 5.89 Å². The minimum atomic E-state index is 0.292. The quantitative estimate of drug-likeness (QED) is 0.714. The molecule has 0 radical (unpaired) electrons. The predicted molar refractivity (Wildman–Crippen MR) is 95.3 cm³/mol. The van der Waals surface area contributed by atoms with E-state index in [-0.39, 0.29) is 0 Å². The first kappa shape index (κ1) is 16.4. The molecule has 132 valence electrons. The Labute approximate surface area is 150 Å². The first-order chi connectivity index (χ1) is 12.1. The molecule has 1 atom stereocenters. The second-order valence-corrected chi connectivity index (χ2v) is 7.52. The molecule has 1 saturated heterocycles. The third-order valence-electron chi connectivity index (χ3n) is 4.97. The highest BCUT2D eigenvalue weighted by Crippen LogP contribution is 2.31. The van der Waals surface area contributed by atoms with Crippen molar-refractivity contribution >= 4 is 11.3 Å². The molecule has 0 saturated carbocycles. The summed E-state index contributed by atoms with van der Waals surface area (Å²) in [6.07, 6.45) is 4.20. The van der Waals surface area contributed by atoms with Gasteiger partial charge < -0.3 is 4.42 Å². The van der Waals surface area contributed by atoms with Crippen molar-refractivity contribution in [3.8, 4) is 10.8 Å². The van der Waals surface area contributed by atoms with Crippen LogP contribution >= 0.6 is 11.3 Å². The summed E-state index contributed by atoms with van der Waals surface area (Å²) in [5, 5.41) is 12.9. The van der Waals surface area contributed by atoms with Crippen LogP contribution < -0.4 is 0 Å². The molecule has 8 heteroatoms. The smallest absolute Gasteiger partial charge is 0.259 e. The average Bonchev–Trinajstić information content (AvgIpc) is 3.32. The molecule has 3 aromatic rings. The van der Waals surface area contributed by atoms with E-state index in [4.69, 9.17) is 4.42 Å². The van der Waals surface area contributed by atoms with Crippen LogP contribution in [0.4, 0.5) is 0 Å². The van der Waals surface area contributed by atoms with Crippen molar-refractivity contribution in [3.63, 3.8) is 0 Å². The maximum absolute atomic E-state index is 5.98. The van der Waals surface area contributed by atoms with Gasteiger partial charge in [0.2, 0.25) is 5.89 Å². The van der Waals surface area contributed by atoms with Gasteiger partial charge in [-0.25, -0.2) is 4.98 Å². The first-order valence-corrected chi connectivity index (χ1v) is 9.43. The summed E-state index contributed by atoms with van der Waals surface area (Å²) in [6.45, 7) is 7.04. The fraction of sp³-hybridized carbons (Fsp3) is 0.529. The molecule has 0 aromatic carbocycles. The molecule has 3 aromatic heterocycles. The fourth-order valence-corrected chi connectivity index (χ4v) is 4.06. The zero-order valence-electron chi connectivity index (χ0n) is 14.8. The Morgan fingerprint density at radius 2 is 2.20 bits per heavy atom. The predicted octanol–water partition coefficient (Wildman–Crippen LogP) is 2.92. The molecule has 1 aliphatic rings. The van der Waals surface area contributed by atoms with E-state index < -0.39 is 0 Å². The highest BCUT2D eigenvalue weighted by molar-refractivity contribution is 7.13. The summed E-state index contributed by atoms with van der Waals surface area (Å²) in [6, 6.07) is 0. The molecular formula is C17H22N6OS. The molecule has 4 heterocycles. The van der Waals surface area contributed by atoms with E-state index in [0.29, 0.717) is 11.8 Å². The van der Waals surface area contributed by atoms with Crippen LogP contribution in [0.2, 0.25) is 0 Å². The molecule has 25 heavy (non-hydrogen) atoms. The van der Waals surface area contributed by atoms with Crippen molar-refractivity contribution in [1.29, 1.82) is 0 Å². The normalized spacial score (nSPS) is 18.8. The minimum absolute atomic E-state index is 0.292. The molecule has 0 aliphatic carbocycles. The number of hydrogen-bond acceptors (Lipinski definition) is 7. The van der Waals surface area contributed by atoms with E-state index in [1.54, 1.807) is 11.3 Å². The van der Waals surface area contributed by atoms with Crippen molar-refractivity contribution < 1.29 is 4.42 Å². The van der Waals surface area contributed by atoms with E-state index in [0.717, 1.165) is 48.9 Å². The molecule has 7 nitrogen and oxygen atoms in total. The van der Waals surface area contributed by atoms with Gasteiger partial charge in [0.15, 0.2) is 0 Å². The van der Waals surface area contributed by atoms with Gasteiger partial charge in [-0.3, -0.25) is 9.58 Å². The standard InChI is InChI=1S/C17H22N6OS/c1-11-15(25-10-18-11)17-21-20-16(24-17)13-5-4-6-23(8-13)9-14-7-19-22(3)12(14)2/h7,10,13H,4-6,8-9H2,1-3H3. The van der Waals surface area contributed by atoms with Crippen molar-refractivity contribution in [2.75, 3.05) is 13.1 Å². The van der Waals surface area contributed by atoms with Crippen LogP contribution in [0, 0.1) is 13.8 Å². The van der Waals surface area contributed by atoms with Crippen LogP contribution in [-0.2, 0) is 13.6 Å². The molecule has 4 rings (SSSR count). The van der Waals surface area contributed by atoms with Crippen molar-refractivity contribution in [1.82, 2.24) is 29.9 Å². The van der Waals surface area contributed by atoms with Gasteiger partial charge in [0.1, 0.15) is 4.88 Å². The Balaban J connectivity index is 1.47. The Bertz CT molecular complexity index is 866. The third kappa shape index (κ3) is 3.23. The lowest BCUT2D eigenvalue weighted by molar-refractivity contribution is 0.186. The Morgan fingerprint density at radius 3 is 2.92 bits per heavy atom. The summed E-state index contributed by atoms with van der Waals surface area (Å²) in [5.41, 5.74) is 5.27. The van der Waals surface area contributed by atoms with Crippen molar-refractivity contribution in [2.24, 2.45) is 7.05 Å². The SMILES string of the molecule is Cc1ncsc1-c1nnc(C2CCCN(Cc3cnn(C)c3C)C2)o1. The molecule has 0 N–H and O–H groups in total. The van der Waals surface area contributed by atoms with Gasteiger partial charge in [-0.15, -0.1) is 21.5 Å². The molecule has 0 spiro atoms. The monoisotopic (exact) mass is 358 g/mol. The summed E-state index contributed by atoms with van der Waals surface area (Å²) in [5.74, 6) is 1.63. The zero-order valence-corrected chi connectivity index (χ0v) is 15.6. The number of hydrogen-bond donors (Lipinski definition) is 0. The Kier molecular flexibility index (Phi) is 4.39. The molecule has 0 bridgehead atoms. The van der Waals surface area contributed by atoms with Gasteiger partial charge in [-0.2, -0.15) is 5.10 Å². The fourth-order valence-electron chi connectivity index (χ4n) is 3.34. The third-order valence-corrected chi connectivity index (χ3v) is 5.88. The van der Waals surface area contributed by atoms with Crippen molar-refractivity contribution in [2.45, 2.75) is 39.2 Å². The van der Waals surface area contributed by atoms with Crippen LogP contribution in [0.25, 0.3) is 10.8 Å². The van der Waals surface area contributed by atoms with E-state index >= 15 is 0 Å². The van der Waals surface area contributed by atoms with Gasteiger partial charge in [0, 0.05) is 31.4 Å².